The summed E-state index contributed by atoms with van der Waals surface area (Å²) in [5.74, 6) is -2.81. The zero-order chi connectivity index (χ0) is 16.0. The highest BCUT2D eigenvalue weighted by Crippen LogP contribution is 2.31. The van der Waals surface area contributed by atoms with Crippen LogP contribution in [-0.2, 0) is 14.3 Å². The fourth-order valence-corrected chi connectivity index (χ4v) is 1.76. The predicted molar refractivity (Wildman–Crippen MR) is 72.0 cm³/mol. The summed E-state index contributed by atoms with van der Waals surface area (Å²) in [6, 6.07) is 0.885. The average Bonchev–Trinajstić information content (AvgIpc) is 2.33. The number of aliphatic carboxylic acids is 1. The van der Waals surface area contributed by atoms with Crippen LogP contribution in [0.5, 0.6) is 0 Å². The third-order valence-electron chi connectivity index (χ3n) is 1.96. The topological polar surface area (TPSA) is 105 Å². The van der Waals surface area contributed by atoms with Crippen LogP contribution in [0.1, 0.15) is 0 Å². The van der Waals surface area contributed by atoms with Gasteiger partial charge in [-0.1, -0.05) is 23.2 Å². The maximum atomic E-state index is 12.9. The first-order valence-electron chi connectivity index (χ1n) is 5.34. The Morgan fingerprint density at radius 2 is 1.76 bits per heavy atom. The molecular weight excluding hydrogens is 330 g/mol. The van der Waals surface area contributed by atoms with Gasteiger partial charge < -0.3 is 15.2 Å². The summed E-state index contributed by atoms with van der Waals surface area (Å²) in [4.78, 5) is 32.9. The number of carboxylic acids is 1. The number of hydrogen-bond acceptors (Lipinski definition) is 4. The molecule has 0 unspecified atom stereocenters. The average molecular weight is 339 g/mol. The second kappa shape index (κ2) is 7.77. The number of carbonyl (C=O) groups excluding carboxylic acids is 2. The minimum Gasteiger partial charge on any atom is -0.480 e. The van der Waals surface area contributed by atoms with E-state index in [4.69, 9.17) is 28.3 Å². The highest BCUT2D eigenvalue weighted by molar-refractivity contribution is 6.39. The minimum absolute atomic E-state index is 0.0727. The lowest BCUT2D eigenvalue weighted by molar-refractivity contribution is -0.143. The number of urea groups is 1. The SMILES string of the molecule is O=C(O)COCC(=O)NC(=O)Nc1c(Cl)cc(F)cc1Cl. The molecule has 0 spiro atoms. The van der Waals surface area contributed by atoms with E-state index >= 15 is 0 Å². The number of nitrogens with one attached hydrogen (secondary N) is 2. The number of benzene rings is 1. The number of halogens is 3. The fraction of sp³-hybridized carbons (Fsp3) is 0.182. The second-order valence-electron chi connectivity index (χ2n) is 3.63. The number of carbonyl (C=O) groups is 3. The van der Waals surface area contributed by atoms with Crippen LogP contribution < -0.4 is 10.6 Å². The number of ether oxygens (including phenoxy) is 1. The van der Waals surface area contributed by atoms with Crippen molar-refractivity contribution in [2.45, 2.75) is 0 Å². The number of imide groups is 1. The molecule has 3 N–H and O–H groups in total. The van der Waals surface area contributed by atoms with Crippen LogP contribution in [0.2, 0.25) is 10.0 Å². The maximum Gasteiger partial charge on any atom is 0.329 e. The van der Waals surface area contributed by atoms with Crippen molar-refractivity contribution in [3.63, 3.8) is 0 Å². The first-order chi connectivity index (χ1) is 9.79. The van der Waals surface area contributed by atoms with Gasteiger partial charge in [0.2, 0.25) is 0 Å². The van der Waals surface area contributed by atoms with Gasteiger partial charge in [-0.05, 0) is 12.1 Å². The molecule has 0 aliphatic rings. The maximum absolute atomic E-state index is 12.9. The number of carboxylic acid groups (broad SMARTS) is 1. The van der Waals surface area contributed by atoms with Crippen LogP contribution in [0, 0.1) is 5.82 Å². The van der Waals surface area contributed by atoms with Crippen LogP contribution in [0.15, 0.2) is 12.1 Å². The highest BCUT2D eigenvalue weighted by Gasteiger charge is 2.14. The monoisotopic (exact) mass is 338 g/mol. The van der Waals surface area contributed by atoms with Crippen LogP contribution in [0.4, 0.5) is 14.9 Å². The van der Waals surface area contributed by atoms with E-state index in [1.165, 1.54) is 0 Å². The van der Waals surface area contributed by atoms with E-state index in [0.29, 0.717) is 0 Å². The van der Waals surface area contributed by atoms with E-state index in [1.54, 1.807) is 0 Å². The minimum atomic E-state index is -1.25. The Kier molecular flexibility index (Phi) is 6.35. The van der Waals surface area contributed by atoms with Gasteiger partial charge in [-0.3, -0.25) is 10.1 Å². The molecule has 114 valence electrons. The number of amides is 3. The largest absolute Gasteiger partial charge is 0.480 e. The molecule has 0 aromatic heterocycles. The van der Waals surface area contributed by atoms with Crippen molar-refractivity contribution >= 4 is 46.8 Å². The van der Waals surface area contributed by atoms with Crippen LogP contribution in [0.25, 0.3) is 0 Å². The van der Waals surface area contributed by atoms with Crippen LogP contribution in [-0.4, -0.2) is 36.2 Å². The Labute approximate surface area is 128 Å². The molecule has 10 heteroatoms. The summed E-state index contributed by atoms with van der Waals surface area (Å²) in [5, 5.41) is 12.0. The summed E-state index contributed by atoms with van der Waals surface area (Å²) < 4.78 is 17.4. The molecule has 0 aliphatic heterocycles. The van der Waals surface area contributed by atoms with Gasteiger partial charge in [-0.2, -0.15) is 0 Å². The van der Waals surface area contributed by atoms with E-state index in [1.807, 2.05) is 5.32 Å². The molecular formula is C11H9Cl2FN2O5. The van der Waals surface area contributed by atoms with Gasteiger partial charge in [0.15, 0.2) is 0 Å². The van der Waals surface area contributed by atoms with Gasteiger partial charge in [0.05, 0.1) is 15.7 Å². The molecule has 0 saturated carbocycles. The second-order valence-corrected chi connectivity index (χ2v) is 4.45. The van der Waals surface area contributed by atoms with Gasteiger partial charge >= 0.3 is 12.0 Å². The summed E-state index contributed by atoms with van der Waals surface area (Å²) in [7, 11) is 0. The molecule has 1 aromatic rings. The van der Waals surface area contributed by atoms with Gasteiger partial charge in [-0.15, -0.1) is 0 Å². The van der Waals surface area contributed by atoms with Gasteiger partial charge in [0, 0.05) is 0 Å². The molecule has 0 heterocycles. The molecule has 0 atom stereocenters. The molecule has 0 bridgehead atoms. The van der Waals surface area contributed by atoms with E-state index in [2.05, 4.69) is 10.1 Å². The van der Waals surface area contributed by atoms with Gasteiger partial charge in [0.25, 0.3) is 5.91 Å². The Hall–Kier alpha value is -1.90. The molecule has 1 rings (SSSR count). The van der Waals surface area contributed by atoms with Crippen molar-refractivity contribution in [1.29, 1.82) is 0 Å². The first kappa shape index (κ1) is 17.2. The number of rotatable bonds is 5. The van der Waals surface area contributed by atoms with Crippen molar-refractivity contribution in [3.05, 3.63) is 28.0 Å². The molecule has 7 nitrogen and oxygen atoms in total. The molecule has 3 amide bonds. The quantitative estimate of drug-likeness (QED) is 0.760. The smallest absolute Gasteiger partial charge is 0.329 e. The van der Waals surface area contributed by atoms with Crippen molar-refractivity contribution in [1.82, 2.24) is 5.32 Å². The number of hydrogen-bond donors (Lipinski definition) is 3. The van der Waals surface area contributed by atoms with Crippen LogP contribution in [0.3, 0.4) is 0 Å². The lowest BCUT2D eigenvalue weighted by atomic mass is 10.3. The Morgan fingerprint density at radius 1 is 1.19 bits per heavy atom. The molecule has 21 heavy (non-hydrogen) atoms. The zero-order valence-electron chi connectivity index (χ0n) is 10.3. The Balaban J connectivity index is 2.54. The summed E-state index contributed by atoms with van der Waals surface area (Å²) in [5.41, 5.74) is -0.0727. The molecule has 0 fully saturated rings. The molecule has 0 aliphatic carbocycles. The number of anilines is 1. The van der Waals surface area contributed by atoms with Crippen molar-refractivity contribution < 1.29 is 28.6 Å². The lowest BCUT2D eigenvalue weighted by Gasteiger charge is -2.10. The van der Waals surface area contributed by atoms with Crippen molar-refractivity contribution in [2.24, 2.45) is 0 Å². The van der Waals surface area contributed by atoms with E-state index < -0.39 is 36.9 Å². The molecule has 1 aromatic carbocycles. The third-order valence-corrected chi connectivity index (χ3v) is 2.55. The normalized spacial score (nSPS) is 10.0. The predicted octanol–water partition coefficient (Wildman–Crippen LogP) is 1.88. The summed E-state index contributed by atoms with van der Waals surface area (Å²) in [6.45, 7) is -1.30. The first-order valence-corrected chi connectivity index (χ1v) is 6.10. The van der Waals surface area contributed by atoms with E-state index in [-0.39, 0.29) is 15.7 Å². The molecule has 0 radical (unpaired) electrons. The van der Waals surface area contributed by atoms with Crippen molar-refractivity contribution in [2.75, 3.05) is 18.5 Å². The summed E-state index contributed by atoms with van der Waals surface area (Å²) >= 11 is 11.4. The fourth-order valence-electron chi connectivity index (χ4n) is 1.20. The van der Waals surface area contributed by atoms with E-state index in [0.717, 1.165) is 12.1 Å². The Morgan fingerprint density at radius 3 is 2.29 bits per heavy atom. The van der Waals surface area contributed by atoms with Gasteiger partial charge in [-0.25, -0.2) is 14.0 Å². The zero-order valence-corrected chi connectivity index (χ0v) is 11.8. The van der Waals surface area contributed by atoms with Crippen LogP contribution >= 0.6 is 23.2 Å². The van der Waals surface area contributed by atoms with Crippen molar-refractivity contribution in [3.8, 4) is 0 Å². The van der Waals surface area contributed by atoms with Gasteiger partial charge in [0.1, 0.15) is 19.0 Å². The highest BCUT2D eigenvalue weighted by atomic mass is 35.5. The Bertz CT molecular complexity index is 559. The standard InChI is InChI=1S/C11H9Cl2FN2O5/c12-6-1-5(14)2-7(13)10(6)16-11(20)15-8(17)3-21-4-9(18)19/h1-2H,3-4H2,(H,18,19)(H2,15,16,17,20). The lowest BCUT2D eigenvalue weighted by Crippen LogP contribution is -2.37. The third kappa shape index (κ3) is 5.94. The van der Waals surface area contributed by atoms with E-state index in [9.17, 15) is 18.8 Å². The molecule has 0 saturated heterocycles. The summed E-state index contributed by atoms with van der Waals surface area (Å²) in [6.07, 6.45) is 0.